The number of carbonyl (C=O) groups is 2. The molecule has 0 aliphatic heterocycles. The first-order valence-electron chi connectivity index (χ1n) is 10.9. The molecule has 2 aromatic carbocycles. The molecule has 8 nitrogen and oxygen atoms in total. The minimum absolute atomic E-state index is 0. The zero-order chi connectivity index (χ0) is 26.1. The average molecular weight is 615 g/mol. The number of hydrogen-bond donors (Lipinski definition) is 3. The summed E-state index contributed by atoms with van der Waals surface area (Å²) >= 11 is 0. The van der Waals surface area contributed by atoms with E-state index in [9.17, 15) is 24.9 Å². The summed E-state index contributed by atoms with van der Waals surface area (Å²) in [6.45, 7) is -0.361. The third-order valence-electron chi connectivity index (χ3n) is 5.01. The quantitative estimate of drug-likeness (QED) is 0.0617. The molecule has 1 heterocycles. The van der Waals surface area contributed by atoms with Crippen molar-refractivity contribution in [1.82, 2.24) is 0 Å². The normalized spacial score (nSPS) is 11.4. The summed E-state index contributed by atoms with van der Waals surface area (Å²) < 4.78 is 12.2. The van der Waals surface area contributed by atoms with E-state index in [2.05, 4.69) is 0 Å². The molecule has 0 aliphatic rings. The van der Waals surface area contributed by atoms with Crippen LogP contribution in [-0.2, 0) is 18.4 Å². The number of pyridine rings is 1. The molecule has 192 valence electrons. The first-order chi connectivity index (χ1) is 17.3. The Labute approximate surface area is 231 Å². The lowest BCUT2D eigenvalue weighted by Gasteiger charge is -2.09. The summed E-state index contributed by atoms with van der Waals surface area (Å²) in [4.78, 5) is 24.5. The number of nitrogens with zero attached hydrogens (tertiary/aromatic N) is 1. The second kappa shape index (κ2) is 14.0. The van der Waals surface area contributed by atoms with Crippen LogP contribution in [0.1, 0.15) is 27.0 Å². The Morgan fingerprint density at radius 1 is 1.00 bits per heavy atom. The Hall–Kier alpha value is -3.96. The second-order valence-electron chi connectivity index (χ2n) is 7.74. The van der Waals surface area contributed by atoms with Gasteiger partial charge in [-0.15, -0.1) is 0 Å². The molecular formula is C28H26INO7. The van der Waals surface area contributed by atoms with Gasteiger partial charge in [0.1, 0.15) is 24.1 Å². The first kappa shape index (κ1) is 29.3. The zero-order valence-electron chi connectivity index (χ0n) is 20.2. The van der Waals surface area contributed by atoms with Gasteiger partial charge in [-0.25, -0.2) is 9.36 Å². The molecule has 0 spiro atoms. The molecule has 0 saturated carbocycles. The maximum absolute atomic E-state index is 12.4. The highest BCUT2D eigenvalue weighted by Gasteiger charge is 2.14. The first-order valence-corrected chi connectivity index (χ1v) is 10.9. The number of aliphatic hydroxyl groups excluding tert-OH is 2. The van der Waals surface area contributed by atoms with Gasteiger partial charge in [-0.1, -0.05) is 24.3 Å². The van der Waals surface area contributed by atoms with E-state index in [0.29, 0.717) is 22.3 Å². The predicted octanol–water partition coefficient (Wildman–Crippen LogP) is 0.678. The predicted molar refractivity (Wildman–Crippen MR) is 133 cm³/mol. The number of benzene rings is 2. The van der Waals surface area contributed by atoms with Crippen molar-refractivity contribution in [3.8, 4) is 17.2 Å². The van der Waals surface area contributed by atoms with E-state index in [1.54, 1.807) is 72.5 Å². The lowest BCUT2D eigenvalue weighted by Crippen LogP contribution is -3.00. The molecule has 0 radical (unpaired) electrons. The minimum Gasteiger partial charge on any atom is -1.00 e. The summed E-state index contributed by atoms with van der Waals surface area (Å²) in [7, 11) is 3.22. The SMILES string of the molecule is COc1cc(/C=C/C(=O)C=C(O)/C=C/c2ccc(OC(=O)c3ccc[n+](C)c3)c(CO)c2)ccc1O.[I-]. The fourth-order valence-electron chi connectivity index (χ4n) is 3.19. The molecule has 37 heavy (non-hydrogen) atoms. The van der Waals surface area contributed by atoms with Crippen molar-refractivity contribution < 1.29 is 62.9 Å². The highest BCUT2D eigenvalue weighted by molar-refractivity contribution is 6.02. The Morgan fingerprint density at radius 2 is 1.70 bits per heavy atom. The van der Waals surface area contributed by atoms with Crippen LogP contribution in [-0.4, -0.2) is 34.2 Å². The van der Waals surface area contributed by atoms with Gasteiger partial charge in [0.25, 0.3) is 0 Å². The maximum atomic E-state index is 12.4. The standard InChI is InChI=1S/C28H25NO7.HI/c1-29-13-3-4-21(17-29)28(34)36-26-12-8-19(14-22(26)18-30)5-9-23(31)16-24(32)10-6-20-7-11-25(33)27(15-20)35-2;/h3-17,30H,18H2,1-2H3,(H-,31,32,33);1H/b9-5+;. The highest BCUT2D eigenvalue weighted by atomic mass is 127. The van der Waals surface area contributed by atoms with Crippen LogP contribution >= 0.6 is 0 Å². The summed E-state index contributed by atoms with van der Waals surface area (Å²) in [5, 5.41) is 29.4. The molecule has 9 heteroatoms. The van der Waals surface area contributed by atoms with Crippen LogP contribution < -0.4 is 38.0 Å². The molecule has 0 bridgehead atoms. The van der Waals surface area contributed by atoms with Crippen molar-refractivity contribution in [3.63, 3.8) is 0 Å². The van der Waals surface area contributed by atoms with Crippen LogP contribution in [0.3, 0.4) is 0 Å². The van der Waals surface area contributed by atoms with E-state index in [1.807, 2.05) is 0 Å². The topological polar surface area (TPSA) is 117 Å². The van der Waals surface area contributed by atoms with Gasteiger partial charge in [0.2, 0.25) is 0 Å². The van der Waals surface area contributed by atoms with E-state index in [0.717, 1.165) is 6.08 Å². The number of methoxy groups -OCH3 is 1. The Kier molecular flexibility index (Phi) is 11.0. The number of halogens is 1. The van der Waals surface area contributed by atoms with Gasteiger partial charge < -0.3 is 48.8 Å². The zero-order valence-corrected chi connectivity index (χ0v) is 22.3. The van der Waals surface area contributed by atoms with E-state index in [4.69, 9.17) is 9.47 Å². The lowest BCUT2D eigenvalue weighted by molar-refractivity contribution is -0.671. The van der Waals surface area contributed by atoms with Crippen molar-refractivity contribution in [2.45, 2.75) is 6.61 Å². The number of aromatic nitrogens is 1. The van der Waals surface area contributed by atoms with Crippen molar-refractivity contribution in [1.29, 1.82) is 0 Å². The summed E-state index contributed by atoms with van der Waals surface area (Å²) in [5.74, 6) is -0.783. The highest BCUT2D eigenvalue weighted by Crippen LogP contribution is 2.27. The van der Waals surface area contributed by atoms with Crippen LogP contribution in [0.2, 0.25) is 0 Å². The smallest absolute Gasteiger partial charge is 0.349 e. The van der Waals surface area contributed by atoms with Gasteiger partial charge in [0.05, 0.1) is 13.7 Å². The van der Waals surface area contributed by atoms with Crippen LogP contribution in [0.5, 0.6) is 17.2 Å². The summed E-state index contributed by atoms with van der Waals surface area (Å²) in [6.07, 6.45) is 10.2. The molecule has 1 aromatic heterocycles. The third-order valence-corrected chi connectivity index (χ3v) is 5.01. The maximum Gasteiger partial charge on any atom is 0.349 e. The number of phenols is 1. The van der Waals surface area contributed by atoms with Crippen molar-refractivity contribution in [2.24, 2.45) is 7.05 Å². The van der Waals surface area contributed by atoms with Crippen LogP contribution in [0.15, 0.2) is 84.9 Å². The molecule has 0 aliphatic carbocycles. The van der Waals surface area contributed by atoms with Gasteiger partial charge in [-0.2, -0.15) is 0 Å². The van der Waals surface area contributed by atoms with Crippen LogP contribution in [0.4, 0.5) is 0 Å². The monoisotopic (exact) mass is 615 g/mol. The molecule has 3 aromatic rings. The molecule has 0 saturated heterocycles. The number of ketones is 1. The summed E-state index contributed by atoms with van der Waals surface area (Å²) in [5.41, 5.74) is 2.01. The second-order valence-corrected chi connectivity index (χ2v) is 7.74. The third kappa shape index (κ3) is 8.58. The Morgan fingerprint density at radius 3 is 2.41 bits per heavy atom. The Bertz CT molecular complexity index is 1360. The molecule has 0 fully saturated rings. The number of aryl methyl sites for hydroxylation is 1. The molecule has 0 unspecified atom stereocenters. The van der Waals surface area contributed by atoms with Gasteiger partial charge in [0, 0.05) is 17.7 Å². The molecule has 0 amide bonds. The number of aromatic hydroxyl groups is 1. The number of carbonyl (C=O) groups excluding carboxylic acids is 2. The number of hydrogen-bond acceptors (Lipinski definition) is 7. The van der Waals surface area contributed by atoms with Crippen molar-refractivity contribution >= 4 is 23.9 Å². The summed E-state index contributed by atoms with van der Waals surface area (Å²) in [6, 6.07) is 12.8. The fourth-order valence-corrected chi connectivity index (χ4v) is 3.19. The van der Waals surface area contributed by atoms with E-state index < -0.39 is 11.8 Å². The number of esters is 1. The van der Waals surface area contributed by atoms with Crippen molar-refractivity contribution in [3.05, 3.63) is 107 Å². The van der Waals surface area contributed by atoms with Crippen LogP contribution in [0, 0.1) is 0 Å². The largest absolute Gasteiger partial charge is 1.00 e. The van der Waals surface area contributed by atoms with Gasteiger partial charge >= 0.3 is 5.97 Å². The number of aliphatic hydroxyl groups is 2. The number of rotatable bonds is 9. The van der Waals surface area contributed by atoms with E-state index in [1.165, 1.54) is 31.4 Å². The van der Waals surface area contributed by atoms with Gasteiger partial charge in [-0.3, -0.25) is 4.79 Å². The van der Waals surface area contributed by atoms with E-state index in [-0.39, 0.29) is 53.6 Å². The molecule has 3 rings (SSSR count). The van der Waals surface area contributed by atoms with E-state index >= 15 is 0 Å². The average Bonchev–Trinajstić information content (AvgIpc) is 2.87. The van der Waals surface area contributed by atoms with Gasteiger partial charge in [-0.05, 0) is 53.6 Å². The Balaban J connectivity index is 0.00000481. The molecule has 0 atom stereocenters. The molecular weight excluding hydrogens is 589 g/mol. The minimum atomic E-state index is -0.554. The number of ether oxygens (including phenoxy) is 2. The number of allylic oxidation sites excluding steroid dienone is 3. The van der Waals surface area contributed by atoms with Crippen LogP contribution in [0.25, 0.3) is 12.2 Å². The number of phenolic OH excluding ortho intramolecular Hbond substituents is 1. The lowest BCUT2D eigenvalue weighted by atomic mass is 10.1. The van der Waals surface area contributed by atoms with Gasteiger partial charge in [0.15, 0.2) is 29.7 Å². The van der Waals surface area contributed by atoms with Crippen molar-refractivity contribution in [2.75, 3.05) is 7.11 Å². The fraction of sp³-hybridized carbons (Fsp3) is 0.107. The molecule has 3 N–H and O–H groups in total.